The molecule has 0 amide bonds. The van der Waals surface area contributed by atoms with Gasteiger partial charge in [0.15, 0.2) is 5.69 Å². The van der Waals surface area contributed by atoms with E-state index in [1.165, 1.54) is 6.07 Å². The lowest BCUT2D eigenvalue weighted by molar-refractivity contribution is -0.141. The summed E-state index contributed by atoms with van der Waals surface area (Å²) < 4.78 is 42.1. The minimum Gasteiger partial charge on any atom is -0.444 e. The number of nitrogens with one attached hydrogen (secondary N) is 1. The summed E-state index contributed by atoms with van der Waals surface area (Å²) in [6.07, 6.45) is -4.48. The van der Waals surface area contributed by atoms with E-state index in [-0.39, 0.29) is 12.4 Å². The maximum absolute atomic E-state index is 12.3. The quantitative estimate of drug-likeness (QED) is 0.930. The van der Waals surface area contributed by atoms with Gasteiger partial charge in [-0.15, -0.1) is 10.2 Å². The van der Waals surface area contributed by atoms with Crippen molar-refractivity contribution in [2.45, 2.75) is 26.6 Å². The maximum Gasteiger partial charge on any atom is 0.435 e. The van der Waals surface area contributed by atoms with Gasteiger partial charge in [0.25, 0.3) is 0 Å². The average Bonchev–Trinajstić information content (AvgIpc) is 2.66. The molecule has 0 radical (unpaired) electrons. The van der Waals surface area contributed by atoms with Gasteiger partial charge in [0.2, 0.25) is 5.89 Å². The second-order valence-electron chi connectivity index (χ2n) is 3.90. The Morgan fingerprint density at radius 3 is 2.42 bits per heavy atom. The molecule has 2 aromatic rings. The molecule has 5 nitrogen and oxygen atoms in total. The van der Waals surface area contributed by atoms with Crippen LogP contribution in [0.1, 0.15) is 23.0 Å². The molecule has 0 saturated carbocycles. The number of halogens is 3. The second-order valence-corrected chi connectivity index (χ2v) is 3.90. The van der Waals surface area contributed by atoms with Crippen molar-refractivity contribution >= 4 is 5.82 Å². The van der Waals surface area contributed by atoms with Crippen molar-refractivity contribution in [2.75, 3.05) is 5.32 Å². The Hall–Kier alpha value is -2.12. The van der Waals surface area contributed by atoms with Gasteiger partial charge in [-0.1, -0.05) is 0 Å². The number of aryl methyl sites for hydroxylation is 2. The number of hydrogen-bond acceptors (Lipinski definition) is 5. The first kappa shape index (κ1) is 13.3. The Bertz CT molecular complexity index is 543. The van der Waals surface area contributed by atoms with E-state index in [4.69, 9.17) is 4.42 Å². The molecule has 0 aromatic carbocycles. The molecular formula is C11H11F3N4O. The first-order valence-electron chi connectivity index (χ1n) is 5.44. The lowest BCUT2D eigenvalue weighted by Crippen LogP contribution is -2.10. The fraction of sp³-hybridized carbons (Fsp3) is 0.364. The summed E-state index contributed by atoms with van der Waals surface area (Å²) in [5.74, 6) is 1.37. The third-order valence-corrected chi connectivity index (χ3v) is 2.45. The van der Waals surface area contributed by atoms with Crippen LogP contribution in [0.15, 0.2) is 16.5 Å². The summed E-state index contributed by atoms with van der Waals surface area (Å²) in [5.41, 5.74) is -0.254. The van der Waals surface area contributed by atoms with Crippen LogP contribution >= 0.6 is 0 Å². The third-order valence-electron chi connectivity index (χ3n) is 2.45. The number of aromatic nitrogens is 3. The Balaban J connectivity index is 2.00. The Kier molecular flexibility index (Phi) is 3.41. The Labute approximate surface area is 106 Å². The smallest absolute Gasteiger partial charge is 0.435 e. The number of rotatable bonds is 3. The molecule has 0 aliphatic carbocycles. The van der Waals surface area contributed by atoms with Crippen LogP contribution in [0.2, 0.25) is 0 Å². The normalized spacial score (nSPS) is 11.6. The monoisotopic (exact) mass is 272 g/mol. The minimum absolute atomic E-state index is 0.224. The zero-order valence-electron chi connectivity index (χ0n) is 10.2. The molecule has 8 heteroatoms. The van der Waals surface area contributed by atoms with Crippen LogP contribution in [-0.4, -0.2) is 15.2 Å². The van der Waals surface area contributed by atoms with E-state index >= 15 is 0 Å². The van der Waals surface area contributed by atoms with Gasteiger partial charge in [-0.2, -0.15) is 13.2 Å². The summed E-state index contributed by atoms with van der Waals surface area (Å²) in [7, 11) is 0. The SMILES string of the molecule is Cc1nc(CNc2ccc(C(F)(F)F)nn2)oc1C. The average molecular weight is 272 g/mol. The fourth-order valence-corrected chi connectivity index (χ4v) is 1.36. The van der Waals surface area contributed by atoms with E-state index in [0.29, 0.717) is 11.7 Å². The minimum atomic E-state index is -4.48. The summed E-state index contributed by atoms with van der Waals surface area (Å²) >= 11 is 0. The first-order valence-corrected chi connectivity index (χ1v) is 5.44. The van der Waals surface area contributed by atoms with Crippen molar-refractivity contribution in [1.29, 1.82) is 0 Å². The highest BCUT2D eigenvalue weighted by molar-refractivity contribution is 5.33. The highest BCUT2D eigenvalue weighted by atomic mass is 19.4. The molecule has 19 heavy (non-hydrogen) atoms. The Morgan fingerprint density at radius 2 is 1.95 bits per heavy atom. The van der Waals surface area contributed by atoms with Gasteiger partial charge in [-0.05, 0) is 26.0 Å². The predicted molar refractivity (Wildman–Crippen MR) is 60.3 cm³/mol. The lowest BCUT2D eigenvalue weighted by Gasteiger charge is -2.05. The van der Waals surface area contributed by atoms with E-state index in [0.717, 1.165) is 11.8 Å². The van der Waals surface area contributed by atoms with E-state index < -0.39 is 11.9 Å². The standard InChI is InChI=1S/C11H11F3N4O/c1-6-7(2)19-10(16-6)5-15-9-4-3-8(17-18-9)11(12,13)14/h3-4H,5H2,1-2H3,(H,15,18). The number of anilines is 1. The largest absolute Gasteiger partial charge is 0.444 e. The van der Waals surface area contributed by atoms with Gasteiger partial charge in [0.1, 0.15) is 11.6 Å². The molecule has 0 bridgehead atoms. The van der Waals surface area contributed by atoms with Crippen LogP contribution in [0.5, 0.6) is 0 Å². The van der Waals surface area contributed by atoms with Crippen molar-refractivity contribution in [3.05, 3.63) is 35.2 Å². The van der Waals surface area contributed by atoms with E-state index in [9.17, 15) is 13.2 Å². The zero-order valence-corrected chi connectivity index (χ0v) is 10.2. The highest BCUT2D eigenvalue weighted by Crippen LogP contribution is 2.27. The second kappa shape index (κ2) is 4.87. The van der Waals surface area contributed by atoms with E-state index in [1.54, 1.807) is 13.8 Å². The van der Waals surface area contributed by atoms with Crippen LogP contribution < -0.4 is 5.32 Å². The first-order chi connectivity index (χ1) is 8.86. The number of alkyl halides is 3. The topological polar surface area (TPSA) is 63.8 Å². The van der Waals surface area contributed by atoms with E-state index in [2.05, 4.69) is 20.5 Å². The Morgan fingerprint density at radius 1 is 1.21 bits per heavy atom. The number of nitrogens with zero attached hydrogens (tertiary/aromatic N) is 3. The van der Waals surface area contributed by atoms with Crippen molar-refractivity contribution in [2.24, 2.45) is 0 Å². The van der Waals surface area contributed by atoms with Gasteiger partial charge < -0.3 is 9.73 Å². The number of oxazole rings is 1. The fourth-order valence-electron chi connectivity index (χ4n) is 1.36. The van der Waals surface area contributed by atoms with Crippen LogP contribution in [0.3, 0.4) is 0 Å². The molecular weight excluding hydrogens is 261 g/mol. The van der Waals surface area contributed by atoms with Crippen LogP contribution in [-0.2, 0) is 12.7 Å². The van der Waals surface area contributed by atoms with Crippen molar-refractivity contribution in [3.63, 3.8) is 0 Å². The third kappa shape index (κ3) is 3.21. The van der Waals surface area contributed by atoms with Crippen molar-refractivity contribution < 1.29 is 17.6 Å². The number of hydrogen-bond donors (Lipinski definition) is 1. The van der Waals surface area contributed by atoms with Gasteiger partial charge in [0, 0.05) is 0 Å². The molecule has 0 spiro atoms. The molecule has 0 fully saturated rings. The highest BCUT2D eigenvalue weighted by Gasteiger charge is 2.32. The molecule has 0 aliphatic heterocycles. The summed E-state index contributed by atoms with van der Waals surface area (Å²) in [4.78, 5) is 4.12. The van der Waals surface area contributed by atoms with Crippen molar-refractivity contribution in [3.8, 4) is 0 Å². The van der Waals surface area contributed by atoms with Gasteiger partial charge in [0.05, 0.1) is 12.2 Å². The molecule has 2 aromatic heterocycles. The molecule has 1 N–H and O–H groups in total. The molecule has 0 atom stereocenters. The summed E-state index contributed by atoms with van der Waals surface area (Å²) in [6.45, 7) is 3.82. The molecule has 0 saturated heterocycles. The van der Waals surface area contributed by atoms with Crippen LogP contribution in [0.25, 0.3) is 0 Å². The maximum atomic E-state index is 12.3. The van der Waals surface area contributed by atoms with Crippen LogP contribution in [0.4, 0.5) is 19.0 Å². The van der Waals surface area contributed by atoms with Gasteiger partial charge >= 0.3 is 6.18 Å². The van der Waals surface area contributed by atoms with Gasteiger partial charge in [-0.25, -0.2) is 4.98 Å². The summed E-state index contributed by atoms with van der Waals surface area (Å²) in [5, 5.41) is 9.32. The molecule has 2 heterocycles. The summed E-state index contributed by atoms with van der Waals surface area (Å²) in [6, 6.07) is 2.07. The van der Waals surface area contributed by atoms with Crippen LogP contribution in [0, 0.1) is 13.8 Å². The lowest BCUT2D eigenvalue weighted by atomic mass is 10.4. The van der Waals surface area contributed by atoms with Gasteiger partial charge in [-0.3, -0.25) is 0 Å². The van der Waals surface area contributed by atoms with E-state index in [1.807, 2.05) is 0 Å². The van der Waals surface area contributed by atoms with Crippen molar-refractivity contribution in [1.82, 2.24) is 15.2 Å². The molecule has 2 rings (SSSR count). The molecule has 0 aliphatic rings. The molecule has 102 valence electrons. The predicted octanol–water partition coefficient (Wildman–Crippen LogP) is 2.71. The molecule has 0 unspecified atom stereocenters. The zero-order chi connectivity index (χ0) is 14.0.